The van der Waals surface area contributed by atoms with Crippen molar-refractivity contribution >= 4 is 13.3 Å². The predicted octanol–water partition coefficient (Wildman–Crippen LogP) is 2.73. The van der Waals surface area contributed by atoms with Gasteiger partial charge in [0.25, 0.3) is 0 Å². The Labute approximate surface area is 129 Å². The lowest BCUT2D eigenvalue weighted by molar-refractivity contribution is 0.370. The quantitative estimate of drug-likeness (QED) is 0.631. The van der Waals surface area contributed by atoms with Crippen molar-refractivity contribution in [3.63, 3.8) is 0 Å². The smallest absolute Gasteiger partial charge is 0.327 e. The van der Waals surface area contributed by atoms with Gasteiger partial charge in [-0.3, -0.25) is 9.55 Å². The molecular weight excluding hydrogens is 303 g/mol. The number of phenols is 1. The summed E-state index contributed by atoms with van der Waals surface area (Å²) in [6.07, 6.45) is 2.83. The van der Waals surface area contributed by atoms with E-state index in [1.807, 2.05) is 0 Å². The van der Waals surface area contributed by atoms with Crippen molar-refractivity contribution in [2.24, 2.45) is 0 Å². The summed E-state index contributed by atoms with van der Waals surface area (Å²) < 4.78 is 11.4. The SMILES string of the molecule is Cc1ccc(C(CP(=O)(O)O)Nc2cccnc2)c(C)c1O. The maximum atomic E-state index is 11.4. The van der Waals surface area contributed by atoms with E-state index in [-0.39, 0.29) is 11.9 Å². The Morgan fingerprint density at radius 2 is 2.00 bits per heavy atom. The number of pyridine rings is 1. The summed E-state index contributed by atoms with van der Waals surface area (Å²) in [5.41, 5.74) is 2.63. The van der Waals surface area contributed by atoms with Crippen LogP contribution in [-0.2, 0) is 4.57 Å². The zero-order chi connectivity index (χ0) is 16.3. The minimum absolute atomic E-state index is 0.140. The van der Waals surface area contributed by atoms with Gasteiger partial charge in [-0.1, -0.05) is 12.1 Å². The van der Waals surface area contributed by atoms with E-state index in [2.05, 4.69) is 10.3 Å². The molecule has 1 atom stereocenters. The number of hydrogen-bond acceptors (Lipinski definition) is 4. The molecule has 1 unspecified atom stereocenters. The van der Waals surface area contributed by atoms with Gasteiger partial charge in [-0.05, 0) is 42.7 Å². The van der Waals surface area contributed by atoms with E-state index >= 15 is 0 Å². The summed E-state index contributed by atoms with van der Waals surface area (Å²) in [5, 5.41) is 13.1. The van der Waals surface area contributed by atoms with E-state index in [0.29, 0.717) is 16.8 Å². The van der Waals surface area contributed by atoms with E-state index in [4.69, 9.17) is 0 Å². The summed E-state index contributed by atoms with van der Waals surface area (Å²) in [4.78, 5) is 22.6. The second-order valence-electron chi connectivity index (χ2n) is 5.23. The van der Waals surface area contributed by atoms with Gasteiger partial charge in [0.2, 0.25) is 0 Å². The van der Waals surface area contributed by atoms with Gasteiger partial charge in [-0.25, -0.2) is 0 Å². The molecule has 1 aromatic heterocycles. The van der Waals surface area contributed by atoms with Crippen molar-refractivity contribution in [2.45, 2.75) is 19.9 Å². The third-order valence-electron chi connectivity index (χ3n) is 3.47. The molecule has 0 radical (unpaired) electrons. The lowest BCUT2D eigenvalue weighted by Gasteiger charge is -2.23. The Kier molecular flexibility index (Phi) is 4.86. The van der Waals surface area contributed by atoms with Gasteiger partial charge in [-0.15, -0.1) is 0 Å². The van der Waals surface area contributed by atoms with Gasteiger partial charge in [0.15, 0.2) is 0 Å². The molecule has 0 aliphatic carbocycles. The molecule has 6 nitrogen and oxygen atoms in total. The third-order valence-corrected chi connectivity index (χ3v) is 4.31. The Balaban J connectivity index is 2.40. The molecule has 2 rings (SSSR count). The first-order valence-corrected chi connectivity index (χ1v) is 8.58. The number of aryl methyl sites for hydroxylation is 1. The molecule has 7 heteroatoms. The lowest BCUT2D eigenvalue weighted by atomic mass is 9.98. The first-order chi connectivity index (χ1) is 10.3. The molecular formula is C15H19N2O4P. The van der Waals surface area contributed by atoms with Crippen molar-refractivity contribution in [1.29, 1.82) is 0 Å². The van der Waals surface area contributed by atoms with Gasteiger partial charge in [-0.2, -0.15) is 0 Å². The maximum Gasteiger partial charge on any atom is 0.327 e. The largest absolute Gasteiger partial charge is 0.507 e. The summed E-state index contributed by atoms with van der Waals surface area (Å²) in [7, 11) is -4.24. The van der Waals surface area contributed by atoms with Gasteiger partial charge >= 0.3 is 7.60 Å². The van der Waals surface area contributed by atoms with Crippen molar-refractivity contribution in [3.05, 3.63) is 53.3 Å². The number of nitrogens with zero attached hydrogens (tertiary/aromatic N) is 1. The minimum atomic E-state index is -4.24. The average Bonchev–Trinajstić information content (AvgIpc) is 2.44. The molecule has 0 saturated carbocycles. The number of benzene rings is 1. The molecule has 0 amide bonds. The number of phenolic OH excluding ortho intramolecular Hbond substituents is 1. The topological polar surface area (TPSA) is 103 Å². The Morgan fingerprint density at radius 3 is 2.59 bits per heavy atom. The van der Waals surface area contributed by atoms with E-state index in [9.17, 15) is 19.5 Å². The monoisotopic (exact) mass is 322 g/mol. The first-order valence-electron chi connectivity index (χ1n) is 6.78. The van der Waals surface area contributed by atoms with Gasteiger partial charge < -0.3 is 20.2 Å². The fourth-order valence-electron chi connectivity index (χ4n) is 2.34. The van der Waals surface area contributed by atoms with Gasteiger partial charge in [0.1, 0.15) is 5.75 Å². The van der Waals surface area contributed by atoms with Crippen LogP contribution in [0.1, 0.15) is 22.7 Å². The van der Waals surface area contributed by atoms with Crippen LogP contribution >= 0.6 is 7.60 Å². The molecule has 2 aromatic rings. The van der Waals surface area contributed by atoms with Crippen molar-refractivity contribution in [2.75, 3.05) is 11.5 Å². The van der Waals surface area contributed by atoms with E-state index < -0.39 is 13.6 Å². The number of aromatic hydroxyl groups is 1. The fraction of sp³-hybridized carbons (Fsp3) is 0.267. The molecule has 0 spiro atoms. The zero-order valence-corrected chi connectivity index (χ0v) is 13.3. The molecule has 1 heterocycles. The number of aromatic nitrogens is 1. The highest BCUT2D eigenvalue weighted by molar-refractivity contribution is 7.51. The number of rotatable bonds is 5. The van der Waals surface area contributed by atoms with Crippen LogP contribution in [0, 0.1) is 13.8 Å². The molecule has 0 fully saturated rings. The summed E-state index contributed by atoms with van der Waals surface area (Å²) in [5.74, 6) is 0.140. The molecule has 0 bridgehead atoms. The van der Waals surface area contributed by atoms with Crippen LogP contribution in [0.25, 0.3) is 0 Å². The van der Waals surface area contributed by atoms with Crippen LogP contribution in [0.3, 0.4) is 0 Å². The molecule has 118 valence electrons. The molecule has 0 saturated heterocycles. The summed E-state index contributed by atoms with van der Waals surface area (Å²) >= 11 is 0. The second-order valence-corrected chi connectivity index (χ2v) is 6.93. The molecule has 0 aliphatic heterocycles. The zero-order valence-electron chi connectivity index (χ0n) is 12.4. The second kappa shape index (κ2) is 6.48. The predicted molar refractivity (Wildman–Crippen MR) is 85.1 cm³/mol. The molecule has 4 N–H and O–H groups in total. The van der Waals surface area contributed by atoms with Crippen LogP contribution in [0.15, 0.2) is 36.7 Å². The number of anilines is 1. The van der Waals surface area contributed by atoms with Crippen LogP contribution in [0.2, 0.25) is 0 Å². The van der Waals surface area contributed by atoms with Crippen molar-refractivity contribution < 1.29 is 19.5 Å². The first kappa shape index (κ1) is 16.5. The lowest BCUT2D eigenvalue weighted by Crippen LogP contribution is -2.17. The molecule has 1 aromatic carbocycles. The standard InChI is InChI=1S/C15H19N2O4P/c1-10-5-6-13(11(2)15(10)18)14(9-22(19,20)21)17-12-4-3-7-16-8-12/h3-8,14,17-18H,9H2,1-2H3,(H2,19,20,21). The minimum Gasteiger partial charge on any atom is -0.507 e. The molecule has 0 aliphatic rings. The average molecular weight is 322 g/mol. The van der Waals surface area contributed by atoms with Crippen LogP contribution in [0.4, 0.5) is 5.69 Å². The van der Waals surface area contributed by atoms with Crippen LogP contribution in [0.5, 0.6) is 5.75 Å². The maximum absolute atomic E-state index is 11.4. The Hall–Kier alpha value is -1.88. The van der Waals surface area contributed by atoms with Crippen molar-refractivity contribution in [1.82, 2.24) is 4.98 Å². The van der Waals surface area contributed by atoms with Gasteiger partial charge in [0, 0.05) is 12.4 Å². The highest BCUT2D eigenvalue weighted by atomic mass is 31.2. The van der Waals surface area contributed by atoms with Crippen LogP contribution in [-0.4, -0.2) is 26.0 Å². The fourth-order valence-corrected chi connectivity index (χ4v) is 3.10. The Bertz CT molecular complexity index is 700. The highest BCUT2D eigenvalue weighted by Gasteiger charge is 2.25. The number of nitrogens with one attached hydrogen (secondary N) is 1. The van der Waals surface area contributed by atoms with E-state index in [1.54, 1.807) is 50.5 Å². The van der Waals surface area contributed by atoms with E-state index in [1.165, 1.54) is 0 Å². The van der Waals surface area contributed by atoms with Crippen LogP contribution < -0.4 is 5.32 Å². The van der Waals surface area contributed by atoms with Crippen molar-refractivity contribution in [3.8, 4) is 5.75 Å². The third kappa shape index (κ3) is 4.07. The number of hydrogen-bond donors (Lipinski definition) is 4. The Morgan fingerprint density at radius 1 is 1.27 bits per heavy atom. The van der Waals surface area contributed by atoms with E-state index in [0.717, 1.165) is 5.56 Å². The molecule has 22 heavy (non-hydrogen) atoms. The summed E-state index contributed by atoms with van der Waals surface area (Å²) in [6, 6.07) is 6.37. The van der Waals surface area contributed by atoms with Gasteiger partial charge in [0.05, 0.1) is 17.9 Å². The summed E-state index contributed by atoms with van der Waals surface area (Å²) in [6.45, 7) is 3.51. The normalized spacial score (nSPS) is 12.9. The highest BCUT2D eigenvalue weighted by Crippen LogP contribution is 2.42.